The van der Waals surface area contributed by atoms with Crippen LogP contribution in [0.25, 0.3) is 11.3 Å². The van der Waals surface area contributed by atoms with Crippen LogP contribution in [0.15, 0.2) is 34.9 Å². The third-order valence-electron chi connectivity index (χ3n) is 3.54. The van der Waals surface area contributed by atoms with E-state index in [1.165, 1.54) is 12.1 Å². The van der Waals surface area contributed by atoms with Crippen molar-refractivity contribution in [1.29, 1.82) is 0 Å². The van der Waals surface area contributed by atoms with Crippen LogP contribution in [-0.2, 0) is 11.3 Å². The lowest BCUT2D eigenvalue weighted by atomic mass is 10.2. The topological polar surface area (TPSA) is 38.5 Å². The number of aromatic nitrogens is 1. The SMILES string of the molecule is C[C@@H]1CN(Cc2ncc(-c3ccc(F)cc3)o2)C[C@H](C)O1. The molecule has 1 fully saturated rings. The molecule has 0 saturated carbocycles. The molecule has 2 aromatic rings. The number of hydrogen-bond donors (Lipinski definition) is 0. The molecular weight excluding hydrogens is 271 g/mol. The van der Waals surface area contributed by atoms with E-state index < -0.39 is 0 Å². The molecule has 0 unspecified atom stereocenters. The fourth-order valence-electron chi connectivity index (χ4n) is 2.74. The average Bonchev–Trinajstić information content (AvgIpc) is 2.87. The van der Waals surface area contributed by atoms with Gasteiger partial charge in [-0.15, -0.1) is 0 Å². The highest BCUT2D eigenvalue weighted by molar-refractivity contribution is 5.55. The van der Waals surface area contributed by atoms with E-state index in [9.17, 15) is 4.39 Å². The molecule has 2 heterocycles. The van der Waals surface area contributed by atoms with Crippen LogP contribution in [0, 0.1) is 5.82 Å². The van der Waals surface area contributed by atoms with Gasteiger partial charge in [0.15, 0.2) is 5.76 Å². The number of oxazole rings is 1. The minimum absolute atomic E-state index is 0.222. The first-order valence-electron chi connectivity index (χ1n) is 7.18. The van der Waals surface area contributed by atoms with Crippen LogP contribution in [-0.4, -0.2) is 35.2 Å². The Hall–Kier alpha value is -1.72. The van der Waals surface area contributed by atoms with Crippen LogP contribution in [0.5, 0.6) is 0 Å². The van der Waals surface area contributed by atoms with Crippen LogP contribution < -0.4 is 0 Å². The standard InChI is InChI=1S/C16H19FN2O2/c1-11-8-19(9-12(2)20-11)10-16-18-7-15(21-16)13-3-5-14(17)6-4-13/h3-7,11-12H,8-10H2,1-2H3/t11-,12+. The van der Waals surface area contributed by atoms with Gasteiger partial charge in [-0.1, -0.05) is 0 Å². The van der Waals surface area contributed by atoms with E-state index in [1.54, 1.807) is 18.3 Å². The molecule has 1 aromatic heterocycles. The molecule has 1 aliphatic heterocycles. The first-order valence-corrected chi connectivity index (χ1v) is 7.18. The number of benzene rings is 1. The highest BCUT2D eigenvalue weighted by Gasteiger charge is 2.23. The quantitative estimate of drug-likeness (QED) is 0.870. The number of rotatable bonds is 3. The number of hydrogen-bond acceptors (Lipinski definition) is 4. The van der Waals surface area contributed by atoms with Crippen molar-refractivity contribution in [3.8, 4) is 11.3 Å². The van der Waals surface area contributed by atoms with E-state index in [1.807, 2.05) is 0 Å². The molecule has 0 bridgehead atoms. The van der Waals surface area contributed by atoms with E-state index in [0.29, 0.717) is 18.2 Å². The van der Waals surface area contributed by atoms with Crippen LogP contribution in [0.2, 0.25) is 0 Å². The van der Waals surface area contributed by atoms with Gasteiger partial charge in [-0.25, -0.2) is 9.37 Å². The zero-order valence-corrected chi connectivity index (χ0v) is 12.3. The summed E-state index contributed by atoms with van der Waals surface area (Å²) in [5.74, 6) is 1.09. The predicted molar refractivity (Wildman–Crippen MR) is 77.2 cm³/mol. The Labute approximate surface area is 123 Å². The molecule has 0 radical (unpaired) electrons. The largest absolute Gasteiger partial charge is 0.439 e. The van der Waals surface area contributed by atoms with Crippen molar-refractivity contribution < 1.29 is 13.5 Å². The molecule has 2 atom stereocenters. The van der Waals surface area contributed by atoms with Gasteiger partial charge < -0.3 is 9.15 Å². The van der Waals surface area contributed by atoms with Gasteiger partial charge >= 0.3 is 0 Å². The summed E-state index contributed by atoms with van der Waals surface area (Å²) in [5.41, 5.74) is 0.832. The van der Waals surface area contributed by atoms with Crippen molar-refractivity contribution in [2.24, 2.45) is 0 Å². The minimum Gasteiger partial charge on any atom is -0.439 e. The Bertz CT molecular complexity index is 587. The number of nitrogens with zero attached hydrogens (tertiary/aromatic N) is 2. The van der Waals surface area contributed by atoms with Crippen molar-refractivity contribution in [3.63, 3.8) is 0 Å². The summed E-state index contributed by atoms with van der Waals surface area (Å²) >= 11 is 0. The zero-order chi connectivity index (χ0) is 14.8. The Balaban J connectivity index is 1.69. The van der Waals surface area contributed by atoms with Gasteiger partial charge in [0, 0.05) is 18.7 Å². The van der Waals surface area contributed by atoms with E-state index in [2.05, 4.69) is 23.7 Å². The van der Waals surface area contributed by atoms with Gasteiger partial charge in [0.2, 0.25) is 5.89 Å². The van der Waals surface area contributed by atoms with Gasteiger partial charge in [0.25, 0.3) is 0 Å². The van der Waals surface area contributed by atoms with E-state index in [-0.39, 0.29) is 18.0 Å². The summed E-state index contributed by atoms with van der Waals surface area (Å²) in [6, 6.07) is 6.22. The van der Waals surface area contributed by atoms with Crippen LogP contribution >= 0.6 is 0 Å². The summed E-state index contributed by atoms with van der Waals surface area (Å²) < 4.78 is 24.4. The summed E-state index contributed by atoms with van der Waals surface area (Å²) in [6.07, 6.45) is 2.14. The van der Waals surface area contributed by atoms with Crippen LogP contribution in [0.1, 0.15) is 19.7 Å². The molecule has 1 aliphatic rings. The monoisotopic (exact) mass is 290 g/mol. The second-order valence-electron chi connectivity index (χ2n) is 5.58. The number of halogens is 1. The van der Waals surface area contributed by atoms with Crippen molar-refractivity contribution >= 4 is 0 Å². The summed E-state index contributed by atoms with van der Waals surface area (Å²) in [6.45, 7) is 6.56. The lowest BCUT2D eigenvalue weighted by Gasteiger charge is -2.34. The maximum Gasteiger partial charge on any atom is 0.209 e. The van der Waals surface area contributed by atoms with E-state index >= 15 is 0 Å². The molecule has 4 nitrogen and oxygen atoms in total. The van der Waals surface area contributed by atoms with Crippen molar-refractivity contribution in [1.82, 2.24) is 9.88 Å². The Morgan fingerprint density at radius 1 is 1.19 bits per heavy atom. The molecule has 0 aliphatic carbocycles. The predicted octanol–water partition coefficient (Wildman–Crippen LogP) is 3.09. The molecular formula is C16H19FN2O2. The zero-order valence-electron chi connectivity index (χ0n) is 12.3. The van der Waals surface area contributed by atoms with Crippen LogP contribution in [0.4, 0.5) is 4.39 Å². The molecule has 0 spiro atoms. The first kappa shape index (κ1) is 14.2. The first-order chi connectivity index (χ1) is 10.1. The van der Waals surface area contributed by atoms with Crippen molar-refractivity contribution in [2.75, 3.05) is 13.1 Å². The lowest BCUT2D eigenvalue weighted by Crippen LogP contribution is -2.44. The molecule has 0 N–H and O–H groups in total. The third-order valence-corrected chi connectivity index (χ3v) is 3.54. The van der Waals surface area contributed by atoms with E-state index in [0.717, 1.165) is 18.7 Å². The molecule has 112 valence electrons. The maximum atomic E-state index is 12.9. The van der Waals surface area contributed by atoms with Crippen molar-refractivity contribution in [2.45, 2.75) is 32.6 Å². The highest BCUT2D eigenvalue weighted by Crippen LogP contribution is 2.22. The normalized spacial score (nSPS) is 23.4. The van der Waals surface area contributed by atoms with Gasteiger partial charge in [0.1, 0.15) is 5.82 Å². The van der Waals surface area contributed by atoms with Gasteiger partial charge in [-0.3, -0.25) is 4.90 Å². The fraction of sp³-hybridized carbons (Fsp3) is 0.438. The lowest BCUT2D eigenvalue weighted by molar-refractivity contribution is -0.0721. The minimum atomic E-state index is -0.255. The third kappa shape index (κ3) is 3.49. The average molecular weight is 290 g/mol. The second-order valence-corrected chi connectivity index (χ2v) is 5.58. The molecule has 5 heteroatoms. The van der Waals surface area contributed by atoms with Gasteiger partial charge in [0.05, 0.1) is 24.9 Å². The second kappa shape index (κ2) is 5.95. The number of morpholine rings is 1. The maximum absolute atomic E-state index is 12.9. The summed E-state index contributed by atoms with van der Waals surface area (Å²) in [7, 11) is 0. The highest BCUT2D eigenvalue weighted by atomic mass is 19.1. The van der Waals surface area contributed by atoms with Gasteiger partial charge in [-0.2, -0.15) is 0 Å². The smallest absolute Gasteiger partial charge is 0.209 e. The molecule has 0 amide bonds. The molecule has 1 saturated heterocycles. The molecule has 21 heavy (non-hydrogen) atoms. The Morgan fingerprint density at radius 2 is 1.86 bits per heavy atom. The molecule has 1 aromatic carbocycles. The van der Waals surface area contributed by atoms with Crippen molar-refractivity contribution in [3.05, 3.63) is 42.2 Å². The fourth-order valence-corrected chi connectivity index (χ4v) is 2.74. The van der Waals surface area contributed by atoms with E-state index in [4.69, 9.17) is 9.15 Å². The Kier molecular flexibility index (Phi) is 4.03. The Morgan fingerprint density at radius 3 is 2.52 bits per heavy atom. The summed E-state index contributed by atoms with van der Waals surface area (Å²) in [4.78, 5) is 6.59. The molecule has 3 rings (SSSR count). The number of ether oxygens (including phenoxy) is 1. The van der Waals surface area contributed by atoms with Crippen LogP contribution in [0.3, 0.4) is 0 Å². The summed E-state index contributed by atoms with van der Waals surface area (Å²) in [5, 5.41) is 0. The van der Waals surface area contributed by atoms with Gasteiger partial charge in [-0.05, 0) is 38.1 Å².